The zero-order valence-corrected chi connectivity index (χ0v) is 14.2. The zero-order chi connectivity index (χ0) is 16.7. The Hall–Kier alpha value is -1.66. The van der Waals surface area contributed by atoms with Crippen molar-refractivity contribution in [2.45, 2.75) is 38.8 Å². The molecule has 1 amide bonds. The van der Waals surface area contributed by atoms with Crippen molar-refractivity contribution in [1.82, 2.24) is 9.88 Å². The average molecular weight is 322 g/mol. The van der Waals surface area contributed by atoms with Crippen molar-refractivity contribution in [3.05, 3.63) is 23.9 Å². The van der Waals surface area contributed by atoms with E-state index in [4.69, 9.17) is 14.2 Å². The molecule has 0 radical (unpaired) electrons. The molecule has 0 aliphatic carbocycles. The second kappa shape index (κ2) is 8.84. The average Bonchev–Trinajstić information content (AvgIpc) is 2.59. The molecule has 1 aromatic heterocycles. The van der Waals surface area contributed by atoms with Crippen molar-refractivity contribution in [2.24, 2.45) is 0 Å². The van der Waals surface area contributed by atoms with Gasteiger partial charge in [-0.1, -0.05) is 6.92 Å². The Labute approximate surface area is 137 Å². The number of rotatable bonds is 7. The van der Waals surface area contributed by atoms with Crippen molar-refractivity contribution in [1.29, 1.82) is 0 Å². The van der Waals surface area contributed by atoms with Gasteiger partial charge in [0.15, 0.2) is 0 Å². The van der Waals surface area contributed by atoms with Gasteiger partial charge in [0.2, 0.25) is 5.88 Å². The summed E-state index contributed by atoms with van der Waals surface area (Å²) in [5.74, 6) is 0.484. The van der Waals surface area contributed by atoms with Gasteiger partial charge in [-0.05, 0) is 25.8 Å². The van der Waals surface area contributed by atoms with Gasteiger partial charge < -0.3 is 19.1 Å². The number of methoxy groups -OCH3 is 1. The molecule has 1 saturated heterocycles. The summed E-state index contributed by atoms with van der Waals surface area (Å²) in [6, 6.07) is 3.50. The van der Waals surface area contributed by atoms with E-state index in [1.54, 1.807) is 25.4 Å². The van der Waals surface area contributed by atoms with Crippen molar-refractivity contribution < 1.29 is 19.0 Å². The predicted octanol–water partition coefficient (Wildman–Crippen LogP) is 2.14. The number of hydrogen-bond donors (Lipinski definition) is 0. The number of nitrogens with zero attached hydrogens (tertiary/aromatic N) is 2. The minimum atomic E-state index is -0.00851. The number of morpholine rings is 1. The summed E-state index contributed by atoms with van der Waals surface area (Å²) < 4.78 is 16.3. The highest BCUT2D eigenvalue weighted by atomic mass is 16.5. The number of carbonyl (C=O) groups excluding carboxylic acids is 1. The van der Waals surface area contributed by atoms with Gasteiger partial charge in [0.25, 0.3) is 5.91 Å². The number of carbonyl (C=O) groups is 1. The number of pyridine rings is 1. The minimum Gasteiger partial charge on any atom is -0.475 e. The summed E-state index contributed by atoms with van der Waals surface area (Å²) >= 11 is 0. The molecule has 2 rings (SSSR count). The van der Waals surface area contributed by atoms with Crippen LogP contribution in [0, 0.1) is 0 Å². The van der Waals surface area contributed by atoms with Gasteiger partial charge >= 0.3 is 0 Å². The molecule has 0 spiro atoms. The lowest BCUT2D eigenvalue weighted by Crippen LogP contribution is -2.49. The summed E-state index contributed by atoms with van der Waals surface area (Å²) in [6.45, 7) is 6.35. The SMILES string of the molecule is CC[C@H](C)Oc1cc(C(=O)N2CCOC[C@H]2CCOC)ccn1. The fourth-order valence-electron chi connectivity index (χ4n) is 2.48. The monoisotopic (exact) mass is 322 g/mol. The summed E-state index contributed by atoms with van der Waals surface area (Å²) in [4.78, 5) is 18.9. The van der Waals surface area contributed by atoms with Crippen LogP contribution in [0.5, 0.6) is 5.88 Å². The lowest BCUT2D eigenvalue weighted by molar-refractivity contribution is -0.0104. The summed E-state index contributed by atoms with van der Waals surface area (Å²) in [5, 5.41) is 0. The molecule has 0 unspecified atom stereocenters. The maximum Gasteiger partial charge on any atom is 0.254 e. The van der Waals surface area contributed by atoms with Crippen LogP contribution in [-0.4, -0.2) is 61.4 Å². The Morgan fingerprint density at radius 3 is 3.13 bits per heavy atom. The van der Waals surface area contributed by atoms with Crippen molar-refractivity contribution >= 4 is 5.91 Å². The van der Waals surface area contributed by atoms with Crippen molar-refractivity contribution in [3.63, 3.8) is 0 Å². The Balaban J connectivity index is 2.09. The van der Waals surface area contributed by atoms with Crippen LogP contribution in [-0.2, 0) is 9.47 Å². The first kappa shape index (κ1) is 17.7. The van der Waals surface area contributed by atoms with E-state index in [-0.39, 0.29) is 18.1 Å². The first-order chi connectivity index (χ1) is 11.2. The topological polar surface area (TPSA) is 60.9 Å². The van der Waals surface area contributed by atoms with Gasteiger partial charge in [-0.2, -0.15) is 0 Å². The number of ether oxygens (including phenoxy) is 3. The van der Waals surface area contributed by atoms with Gasteiger partial charge in [-0.3, -0.25) is 4.79 Å². The van der Waals surface area contributed by atoms with Crippen LogP contribution in [0.1, 0.15) is 37.0 Å². The van der Waals surface area contributed by atoms with Crippen LogP contribution in [0.4, 0.5) is 0 Å². The fraction of sp³-hybridized carbons (Fsp3) is 0.647. The van der Waals surface area contributed by atoms with Crippen LogP contribution in [0.15, 0.2) is 18.3 Å². The van der Waals surface area contributed by atoms with E-state index in [0.717, 1.165) is 12.8 Å². The number of amides is 1. The second-order valence-electron chi connectivity index (χ2n) is 5.73. The maximum absolute atomic E-state index is 12.8. The van der Waals surface area contributed by atoms with Gasteiger partial charge in [-0.25, -0.2) is 4.98 Å². The smallest absolute Gasteiger partial charge is 0.254 e. The maximum atomic E-state index is 12.8. The molecule has 23 heavy (non-hydrogen) atoms. The molecule has 0 saturated carbocycles. The zero-order valence-electron chi connectivity index (χ0n) is 14.2. The molecular weight excluding hydrogens is 296 g/mol. The number of hydrogen-bond acceptors (Lipinski definition) is 5. The lowest BCUT2D eigenvalue weighted by atomic mass is 10.1. The first-order valence-electron chi connectivity index (χ1n) is 8.16. The van der Waals surface area contributed by atoms with E-state index in [1.807, 2.05) is 18.7 Å². The standard InChI is InChI=1S/C17H26N2O4/c1-4-13(2)23-16-11-14(5-7-18-16)17(20)19-8-10-22-12-15(19)6-9-21-3/h5,7,11,13,15H,4,6,8-10,12H2,1-3H3/t13-,15+/m0/s1. The summed E-state index contributed by atoms with van der Waals surface area (Å²) in [7, 11) is 1.66. The van der Waals surface area contributed by atoms with E-state index >= 15 is 0 Å². The van der Waals surface area contributed by atoms with Crippen LogP contribution in [0.2, 0.25) is 0 Å². The Kier molecular flexibility index (Phi) is 6.80. The molecule has 6 heteroatoms. The molecule has 1 aliphatic heterocycles. The Morgan fingerprint density at radius 1 is 1.57 bits per heavy atom. The Bertz CT molecular complexity index is 509. The van der Waals surface area contributed by atoms with Crippen LogP contribution in [0.25, 0.3) is 0 Å². The van der Waals surface area contributed by atoms with Crippen LogP contribution in [0.3, 0.4) is 0 Å². The third kappa shape index (κ3) is 4.91. The van der Waals surface area contributed by atoms with E-state index in [1.165, 1.54) is 0 Å². The molecule has 0 N–H and O–H groups in total. The highest BCUT2D eigenvalue weighted by molar-refractivity contribution is 5.94. The molecule has 1 aromatic rings. The quantitative estimate of drug-likeness (QED) is 0.770. The fourth-order valence-corrected chi connectivity index (χ4v) is 2.48. The molecule has 6 nitrogen and oxygen atoms in total. The number of aromatic nitrogens is 1. The second-order valence-corrected chi connectivity index (χ2v) is 5.73. The van der Waals surface area contributed by atoms with Gasteiger partial charge in [-0.15, -0.1) is 0 Å². The van der Waals surface area contributed by atoms with Crippen molar-refractivity contribution in [3.8, 4) is 5.88 Å². The predicted molar refractivity (Wildman–Crippen MR) is 86.8 cm³/mol. The minimum absolute atomic E-state index is 0.00851. The molecule has 1 aliphatic rings. The lowest BCUT2D eigenvalue weighted by Gasteiger charge is -2.35. The largest absolute Gasteiger partial charge is 0.475 e. The van der Waals surface area contributed by atoms with Gasteiger partial charge in [0, 0.05) is 38.1 Å². The molecular formula is C17H26N2O4. The van der Waals surface area contributed by atoms with E-state index < -0.39 is 0 Å². The Morgan fingerprint density at radius 2 is 2.39 bits per heavy atom. The van der Waals surface area contributed by atoms with E-state index in [0.29, 0.717) is 37.8 Å². The highest BCUT2D eigenvalue weighted by Gasteiger charge is 2.28. The molecule has 0 bridgehead atoms. The van der Waals surface area contributed by atoms with Crippen LogP contribution < -0.4 is 4.74 Å². The third-order valence-electron chi connectivity index (χ3n) is 4.02. The van der Waals surface area contributed by atoms with Gasteiger partial charge in [0.05, 0.1) is 25.4 Å². The molecule has 2 atom stereocenters. The normalized spacial score (nSPS) is 19.4. The summed E-state index contributed by atoms with van der Waals surface area (Å²) in [5.41, 5.74) is 0.600. The van der Waals surface area contributed by atoms with Crippen LogP contribution >= 0.6 is 0 Å². The summed E-state index contributed by atoms with van der Waals surface area (Å²) in [6.07, 6.45) is 3.35. The molecule has 0 aromatic carbocycles. The molecule has 1 fully saturated rings. The first-order valence-corrected chi connectivity index (χ1v) is 8.16. The van der Waals surface area contributed by atoms with Crippen molar-refractivity contribution in [2.75, 3.05) is 33.5 Å². The van der Waals surface area contributed by atoms with E-state index in [2.05, 4.69) is 4.98 Å². The molecule has 2 heterocycles. The highest BCUT2D eigenvalue weighted by Crippen LogP contribution is 2.18. The van der Waals surface area contributed by atoms with Gasteiger partial charge in [0.1, 0.15) is 0 Å². The van der Waals surface area contributed by atoms with E-state index in [9.17, 15) is 4.79 Å². The molecule has 128 valence electrons. The third-order valence-corrected chi connectivity index (χ3v) is 4.02.